The lowest BCUT2D eigenvalue weighted by atomic mass is 10.2. The summed E-state index contributed by atoms with van der Waals surface area (Å²) in [6.07, 6.45) is 1.64. The zero-order valence-corrected chi connectivity index (χ0v) is 11.8. The smallest absolute Gasteiger partial charge is 0.250 e. The molecule has 5 heteroatoms. The monoisotopic (exact) mass is 359 g/mol. The van der Waals surface area contributed by atoms with Crippen molar-refractivity contribution in [3.05, 3.63) is 67.2 Å². The lowest BCUT2D eigenvalue weighted by Gasteiger charge is -2.07. The third-order valence-electron chi connectivity index (χ3n) is 2.30. The topological polar surface area (TPSA) is 22.0 Å². The van der Waals surface area contributed by atoms with Gasteiger partial charge in [-0.2, -0.15) is 0 Å². The number of rotatable bonds is 2. The highest BCUT2D eigenvalue weighted by molar-refractivity contribution is 9.10. The lowest BCUT2D eigenvalue weighted by molar-refractivity contribution is 0.595. The minimum absolute atomic E-state index is 0.157. The predicted molar refractivity (Wildman–Crippen MR) is 71.6 cm³/mol. The summed E-state index contributed by atoms with van der Waals surface area (Å²) < 4.78 is 16.5. The zero-order chi connectivity index (χ0) is 12.4. The van der Waals surface area contributed by atoms with Gasteiger partial charge in [-0.1, -0.05) is 22.0 Å². The van der Waals surface area contributed by atoms with Crippen LogP contribution in [-0.2, 0) is 6.54 Å². The highest BCUT2D eigenvalue weighted by Crippen LogP contribution is 2.16. The van der Waals surface area contributed by atoms with Crippen LogP contribution in [0.2, 0.25) is 0 Å². The molecule has 2 aromatic rings. The quantitative estimate of drug-likeness (QED) is 0.802. The van der Waals surface area contributed by atoms with Crippen LogP contribution in [0.4, 0.5) is 4.39 Å². The Morgan fingerprint density at radius 1 is 1.12 bits per heavy atom. The molecule has 0 saturated carbocycles. The van der Waals surface area contributed by atoms with Crippen molar-refractivity contribution in [2.24, 2.45) is 0 Å². The van der Waals surface area contributed by atoms with Crippen LogP contribution in [-0.4, -0.2) is 4.57 Å². The third kappa shape index (κ3) is 3.04. The molecule has 0 N–H and O–H groups in total. The van der Waals surface area contributed by atoms with Gasteiger partial charge in [-0.3, -0.25) is 4.79 Å². The van der Waals surface area contributed by atoms with Crippen LogP contribution in [0.25, 0.3) is 0 Å². The largest absolute Gasteiger partial charge is 0.310 e. The Morgan fingerprint density at radius 2 is 1.82 bits per heavy atom. The highest BCUT2D eigenvalue weighted by Gasteiger charge is 2.05. The Balaban J connectivity index is 2.38. The Hall–Kier alpha value is -0.940. The fraction of sp³-hybridized carbons (Fsp3) is 0.0833. The zero-order valence-electron chi connectivity index (χ0n) is 8.66. The van der Waals surface area contributed by atoms with Crippen LogP contribution in [0, 0.1) is 5.82 Å². The molecule has 0 aliphatic rings. The van der Waals surface area contributed by atoms with E-state index in [2.05, 4.69) is 31.9 Å². The molecule has 0 aliphatic heterocycles. The number of halogens is 3. The number of pyridine rings is 1. The van der Waals surface area contributed by atoms with E-state index in [1.165, 1.54) is 16.7 Å². The fourth-order valence-electron chi connectivity index (χ4n) is 1.46. The van der Waals surface area contributed by atoms with E-state index in [0.29, 0.717) is 10.0 Å². The van der Waals surface area contributed by atoms with Gasteiger partial charge in [-0.25, -0.2) is 4.39 Å². The van der Waals surface area contributed by atoms with Gasteiger partial charge < -0.3 is 4.57 Å². The van der Waals surface area contributed by atoms with E-state index in [1.807, 2.05) is 0 Å². The van der Waals surface area contributed by atoms with Crippen LogP contribution in [0.5, 0.6) is 0 Å². The molecular weight excluding hydrogens is 353 g/mol. The van der Waals surface area contributed by atoms with Crippen LogP contribution in [0.1, 0.15) is 5.56 Å². The van der Waals surface area contributed by atoms with E-state index < -0.39 is 0 Å². The molecule has 1 heterocycles. The Kier molecular flexibility index (Phi) is 3.79. The van der Waals surface area contributed by atoms with Crippen molar-refractivity contribution in [3.8, 4) is 0 Å². The summed E-state index contributed by atoms with van der Waals surface area (Å²) in [7, 11) is 0. The molecule has 17 heavy (non-hydrogen) atoms. The van der Waals surface area contributed by atoms with Crippen LogP contribution in [0.3, 0.4) is 0 Å². The van der Waals surface area contributed by atoms with Crippen molar-refractivity contribution in [1.29, 1.82) is 0 Å². The van der Waals surface area contributed by atoms with Crippen LogP contribution < -0.4 is 5.56 Å². The van der Waals surface area contributed by atoms with Gasteiger partial charge in [-0.05, 0) is 34.1 Å². The summed E-state index contributed by atoms with van der Waals surface area (Å²) in [4.78, 5) is 11.6. The minimum atomic E-state index is -0.328. The van der Waals surface area contributed by atoms with Gasteiger partial charge in [0.05, 0.1) is 6.54 Å². The summed E-state index contributed by atoms with van der Waals surface area (Å²) in [6, 6.07) is 7.91. The van der Waals surface area contributed by atoms with Crippen molar-refractivity contribution < 1.29 is 4.39 Å². The summed E-state index contributed by atoms with van der Waals surface area (Å²) >= 11 is 6.47. The van der Waals surface area contributed by atoms with Gasteiger partial charge in [0.15, 0.2) is 0 Å². The summed E-state index contributed by atoms with van der Waals surface area (Å²) in [5.41, 5.74) is 0.323. The summed E-state index contributed by atoms with van der Waals surface area (Å²) in [5, 5.41) is 0. The fourth-order valence-corrected chi connectivity index (χ4v) is 2.17. The second-order valence-electron chi connectivity index (χ2n) is 3.55. The van der Waals surface area contributed by atoms with Gasteiger partial charge in [0, 0.05) is 26.8 Å². The Bertz CT molecular complexity index is 610. The van der Waals surface area contributed by atoms with Gasteiger partial charge in [-0.15, -0.1) is 0 Å². The number of aromatic nitrogens is 1. The van der Waals surface area contributed by atoms with E-state index in [4.69, 9.17) is 0 Å². The van der Waals surface area contributed by atoms with Crippen molar-refractivity contribution in [1.82, 2.24) is 4.57 Å². The first kappa shape index (κ1) is 12.5. The molecular formula is C12H8Br2FNO. The first-order valence-corrected chi connectivity index (χ1v) is 6.45. The minimum Gasteiger partial charge on any atom is -0.310 e. The predicted octanol–water partition coefficient (Wildman–Crippen LogP) is 3.56. The molecule has 0 atom stereocenters. The van der Waals surface area contributed by atoms with Crippen LogP contribution in [0.15, 0.2) is 50.3 Å². The lowest BCUT2D eigenvalue weighted by Crippen LogP contribution is -2.19. The summed E-state index contributed by atoms with van der Waals surface area (Å²) in [5.74, 6) is -0.328. The number of nitrogens with zero attached hydrogens (tertiary/aromatic N) is 1. The highest BCUT2D eigenvalue weighted by atomic mass is 79.9. The summed E-state index contributed by atoms with van der Waals surface area (Å²) in [6.45, 7) is 0.220. The first-order chi connectivity index (χ1) is 8.06. The maximum Gasteiger partial charge on any atom is 0.250 e. The second-order valence-corrected chi connectivity index (χ2v) is 5.38. The first-order valence-electron chi connectivity index (χ1n) is 4.86. The average Bonchev–Trinajstić information content (AvgIpc) is 2.27. The average molecular weight is 361 g/mol. The molecule has 2 nitrogen and oxygen atoms in total. The second kappa shape index (κ2) is 5.14. The Morgan fingerprint density at radius 3 is 2.53 bits per heavy atom. The van der Waals surface area contributed by atoms with Gasteiger partial charge in [0.25, 0.3) is 5.56 Å². The van der Waals surface area contributed by atoms with Crippen molar-refractivity contribution in [2.75, 3.05) is 0 Å². The third-order valence-corrected chi connectivity index (χ3v) is 3.27. The normalized spacial score (nSPS) is 10.5. The molecule has 0 radical (unpaired) electrons. The number of hydrogen-bond donors (Lipinski definition) is 0. The molecule has 0 amide bonds. The maximum absolute atomic E-state index is 13.6. The SMILES string of the molecule is O=c1ccc(Br)cn1Cc1ccc(Br)cc1F. The molecule has 88 valence electrons. The van der Waals surface area contributed by atoms with E-state index in [0.717, 1.165) is 4.47 Å². The molecule has 0 unspecified atom stereocenters. The van der Waals surface area contributed by atoms with Gasteiger partial charge >= 0.3 is 0 Å². The number of hydrogen-bond acceptors (Lipinski definition) is 1. The molecule has 0 spiro atoms. The molecule has 0 saturated heterocycles. The Labute approximate surface area is 114 Å². The molecule has 1 aromatic carbocycles. The van der Waals surface area contributed by atoms with E-state index >= 15 is 0 Å². The van der Waals surface area contributed by atoms with Gasteiger partial charge in [0.2, 0.25) is 0 Å². The van der Waals surface area contributed by atoms with Crippen molar-refractivity contribution >= 4 is 31.9 Å². The standard InChI is InChI=1S/C12H8Br2FNO/c13-9-2-1-8(11(15)5-9)6-16-7-10(14)3-4-12(16)17/h1-5,7H,6H2. The van der Waals surface area contributed by atoms with Crippen molar-refractivity contribution in [2.45, 2.75) is 6.54 Å². The molecule has 2 rings (SSSR count). The molecule has 0 bridgehead atoms. The van der Waals surface area contributed by atoms with Gasteiger partial charge in [0.1, 0.15) is 5.82 Å². The van der Waals surface area contributed by atoms with E-state index in [-0.39, 0.29) is 17.9 Å². The molecule has 0 aliphatic carbocycles. The molecule has 0 fully saturated rings. The molecule has 1 aromatic heterocycles. The van der Waals surface area contributed by atoms with E-state index in [1.54, 1.807) is 24.4 Å². The number of benzene rings is 1. The van der Waals surface area contributed by atoms with Crippen molar-refractivity contribution in [3.63, 3.8) is 0 Å². The maximum atomic E-state index is 13.6. The van der Waals surface area contributed by atoms with E-state index in [9.17, 15) is 9.18 Å². The van der Waals surface area contributed by atoms with Crippen LogP contribution >= 0.6 is 31.9 Å².